The molecule has 0 unspecified atom stereocenters. The lowest BCUT2D eigenvalue weighted by atomic mass is 10.1. The summed E-state index contributed by atoms with van der Waals surface area (Å²) in [6.45, 7) is 0. The maximum Gasteiger partial charge on any atom is 0.261 e. The smallest absolute Gasteiger partial charge is 0.261 e. The summed E-state index contributed by atoms with van der Waals surface area (Å²) >= 11 is 5.99. The van der Waals surface area contributed by atoms with Gasteiger partial charge in [-0.3, -0.25) is 9.59 Å². The van der Waals surface area contributed by atoms with Crippen molar-refractivity contribution in [2.75, 3.05) is 5.32 Å². The molecule has 8 heteroatoms. The number of halogens is 4. The Balaban J connectivity index is 2.04. The SMILES string of the molecule is O=C(Nc1cc2cc[nH]c(=O)c2cc1Cl)c1c(F)ccc(F)c1F. The number of hydrogen-bond acceptors (Lipinski definition) is 2. The summed E-state index contributed by atoms with van der Waals surface area (Å²) in [5, 5.41) is 2.95. The first kappa shape index (κ1) is 16.1. The van der Waals surface area contributed by atoms with E-state index in [0.29, 0.717) is 17.5 Å². The van der Waals surface area contributed by atoms with Crippen molar-refractivity contribution in [2.24, 2.45) is 0 Å². The largest absolute Gasteiger partial charge is 0.329 e. The van der Waals surface area contributed by atoms with E-state index in [1.807, 2.05) is 0 Å². The van der Waals surface area contributed by atoms with Crippen LogP contribution in [0.5, 0.6) is 0 Å². The van der Waals surface area contributed by atoms with E-state index in [9.17, 15) is 22.8 Å². The van der Waals surface area contributed by atoms with Crippen LogP contribution in [0.15, 0.2) is 41.3 Å². The number of amides is 1. The zero-order chi connectivity index (χ0) is 17.4. The summed E-state index contributed by atoms with van der Waals surface area (Å²) in [7, 11) is 0. The van der Waals surface area contributed by atoms with Crippen molar-refractivity contribution in [1.82, 2.24) is 4.98 Å². The topological polar surface area (TPSA) is 62.0 Å². The summed E-state index contributed by atoms with van der Waals surface area (Å²) < 4.78 is 40.5. The Morgan fingerprint density at radius 2 is 1.79 bits per heavy atom. The van der Waals surface area contributed by atoms with Gasteiger partial charge < -0.3 is 10.3 Å². The lowest BCUT2D eigenvalue weighted by Crippen LogP contribution is -2.17. The molecule has 0 saturated heterocycles. The van der Waals surface area contributed by atoms with Crippen molar-refractivity contribution in [1.29, 1.82) is 0 Å². The minimum absolute atomic E-state index is 0.00947. The first-order valence-corrected chi connectivity index (χ1v) is 7.02. The number of fused-ring (bicyclic) bond motifs is 1. The molecule has 2 N–H and O–H groups in total. The lowest BCUT2D eigenvalue weighted by molar-refractivity contribution is 0.101. The van der Waals surface area contributed by atoms with E-state index in [0.717, 1.165) is 0 Å². The van der Waals surface area contributed by atoms with E-state index in [1.54, 1.807) is 6.07 Å². The Labute approximate surface area is 137 Å². The minimum Gasteiger partial charge on any atom is -0.329 e. The molecule has 2 aromatic carbocycles. The van der Waals surface area contributed by atoms with Crippen molar-refractivity contribution in [3.63, 3.8) is 0 Å². The van der Waals surface area contributed by atoms with E-state index in [4.69, 9.17) is 11.6 Å². The van der Waals surface area contributed by atoms with Crippen LogP contribution >= 0.6 is 11.6 Å². The molecule has 0 saturated carbocycles. The number of hydrogen-bond donors (Lipinski definition) is 2. The third-order valence-corrected chi connectivity index (χ3v) is 3.69. The summed E-state index contributed by atoms with van der Waals surface area (Å²) in [6, 6.07) is 5.47. The van der Waals surface area contributed by atoms with Gasteiger partial charge in [-0.15, -0.1) is 0 Å². The fourth-order valence-corrected chi connectivity index (χ4v) is 2.44. The molecule has 1 amide bonds. The number of nitrogens with one attached hydrogen (secondary N) is 2. The highest BCUT2D eigenvalue weighted by atomic mass is 35.5. The molecule has 3 aromatic rings. The average Bonchev–Trinajstić information content (AvgIpc) is 2.53. The van der Waals surface area contributed by atoms with Crippen molar-refractivity contribution < 1.29 is 18.0 Å². The fraction of sp³-hybridized carbons (Fsp3) is 0. The average molecular weight is 353 g/mol. The minimum atomic E-state index is -1.60. The first-order valence-electron chi connectivity index (χ1n) is 6.64. The molecule has 4 nitrogen and oxygen atoms in total. The van der Waals surface area contributed by atoms with Gasteiger partial charge >= 0.3 is 0 Å². The monoisotopic (exact) mass is 352 g/mol. The molecule has 1 aromatic heterocycles. The summed E-state index contributed by atoms with van der Waals surface area (Å²) in [6.07, 6.45) is 1.40. The molecule has 0 radical (unpaired) electrons. The second kappa shape index (κ2) is 6.01. The van der Waals surface area contributed by atoms with Crippen molar-refractivity contribution >= 4 is 34.0 Å². The number of aromatic amines is 1. The molecule has 24 heavy (non-hydrogen) atoms. The van der Waals surface area contributed by atoms with Gasteiger partial charge in [0.2, 0.25) is 0 Å². The van der Waals surface area contributed by atoms with Crippen LogP contribution < -0.4 is 10.9 Å². The van der Waals surface area contributed by atoms with Crippen LogP contribution in [0.2, 0.25) is 5.02 Å². The Bertz CT molecular complexity index is 1030. The first-order chi connectivity index (χ1) is 11.4. The van der Waals surface area contributed by atoms with Crippen LogP contribution in [0.25, 0.3) is 10.8 Å². The zero-order valence-corrected chi connectivity index (χ0v) is 12.5. The van der Waals surface area contributed by atoms with Crippen molar-refractivity contribution in [3.8, 4) is 0 Å². The van der Waals surface area contributed by atoms with Crippen LogP contribution in [0, 0.1) is 17.5 Å². The quantitative estimate of drug-likeness (QED) is 0.688. The molecule has 0 aliphatic rings. The maximum absolute atomic E-state index is 13.7. The number of H-pyrrole nitrogens is 1. The van der Waals surface area contributed by atoms with Crippen LogP contribution in [0.3, 0.4) is 0 Å². The van der Waals surface area contributed by atoms with Gasteiger partial charge in [-0.25, -0.2) is 13.2 Å². The number of aromatic nitrogens is 1. The molecule has 0 spiro atoms. The van der Waals surface area contributed by atoms with E-state index < -0.39 is 28.9 Å². The normalized spacial score (nSPS) is 10.8. The van der Waals surface area contributed by atoms with Crippen molar-refractivity contribution in [3.05, 3.63) is 74.9 Å². The van der Waals surface area contributed by atoms with E-state index in [2.05, 4.69) is 10.3 Å². The Morgan fingerprint density at radius 1 is 1.08 bits per heavy atom. The highest BCUT2D eigenvalue weighted by Crippen LogP contribution is 2.27. The molecular weight excluding hydrogens is 345 g/mol. The van der Waals surface area contributed by atoms with Gasteiger partial charge in [0.15, 0.2) is 11.6 Å². The van der Waals surface area contributed by atoms with E-state index >= 15 is 0 Å². The Kier molecular flexibility index (Phi) is 4.02. The van der Waals surface area contributed by atoms with Gasteiger partial charge in [-0.1, -0.05) is 11.6 Å². The number of anilines is 1. The fourth-order valence-electron chi connectivity index (χ4n) is 2.23. The van der Waals surface area contributed by atoms with Crippen LogP contribution in [-0.2, 0) is 0 Å². The van der Waals surface area contributed by atoms with Gasteiger partial charge in [-0.2, -0.15) is 0 Å². The molecule has 0 fully saturated rings. The molecule has 3 rings (SSSR count). The van der Waals surface area contributed by atoms with Crippen LogP contribution in [0.4, 0.5) is 18.9 Å². The third kappa shape index (κ3) is 2.74. The van der Waals surface area contributed by atoms with Gasteiger partial charge in [-0.05, 0) is 35.7 Å². The predicted molar refractivity (Wildman–Crippen MR) is 83.8 cm³/mol. The molecule has 0 aliphatic heterocycles. The molecule has 0 aliphatic carbocycles. The number of carbonyl (C=O) groups is 1. The number of benzene rings is 2. The van der Waals surface area contributed by atoms with Crippen molar-refractivity contribution in [2.45, 2.75) is 0 Å². The standard InChI is InChI=1S/C16H8ClF3N2O2/c17-9-6-8-7(3-4-21-15(8)23)5-12(9)22-16(24)13-10(18)1-2-11(19)14(13)20/h1-6H,(H,21,23)(H,22,24). The van der Waals surface area contributed by atoms with Gasteiger partial charge in [0.1, 0.15) is 11.4 Å². The van der Waals surface area contributed by atoms with E-state index in [-0.39, 0.29) is 21.7 Å². The molecule has 122 valence electrons. The Hall–Kier alpha value is -2.80. The van der Waals surface area contributed by atoms with Gasteiger partial charge in [0, 0.05) is 11.6 Å². The number of pyridine rings is 1. The molecule has 1 heterocycles. The summed E-state index contributed by atoms with van der Waals surface area (Å²) in [5.74, 6) is -5.35. The number of rotatable bonds is 2. The second-order valence-corrected chi connectivity index (χ2v) is 5.31. The lowest BCUT2D eigenvalue weighted by Gasteiger charge is -2.10. The van der Waals surface area contributed by atoms with E-state index in [1.165, 1.54) is 18.3 Å². The predicted octanol–water partition coefficient (Wildman–Crippen LogP) is 3.85. The molecular formula is C16H8ClF3N2O2. The Morgan fingerprint density at radius 3 is 2.54 bits per heavy atom. The van der Waals surface area contributed by atoms with Crippen LogP contribution in [-0.4, -0.2) is 10.9 Å². The zero-order valence-electron chi connectivity index (χ0n) is 11.8. The number of carbonyl (C=O) groups excluding carboxylic acids is 1. The van der Waals surface area contributed by atoms with Gasteiger partial charge in [0.05, 0.1) is 10.7 Å². The second-order valence-electron chi connectivity index (χ2n) is 4.90. The van der Waals surface area contributed by atoms with Gasteiger partial charge in [0.25, 0.3) is 11.5 Å². The molecule has 0 atom stereocenters. The summed E-state index contributed by atoms with van der Waals surface area (Å²) in [4.78, 5) is 26.2. The summed E-state index contributed by atoms with van der Waals surface area (Å²) in [5.41, 5.74) is -1.41. The molecule has 0 bridgehead atoms. The maximum atomic E-state index is 13.7. The highest BCUT2D eigenvalue weighted by Gasteiger charge is 2.21. The third-order valence-electron chi connectivity index (χ3n) is 3.38. The highest BCUT2D eigenvalue weighted by molar-refractivity contribution is 6.34. The van der Waals surface area contributed by atoms with Crippen LogP contribution in [0.1, 0.15) is 10.4 Å².